The molecule has 0 radical (unpaired) electrons. The molecule has 0 fully saturated rings. The third-order valence-electron chi connectivity index (χ3n) is 2.87. The molecule has 0 amide bonds. The van der Waals surface area contributed by atoms with Gasteiger partial charge in [-0.2, -0.15) is 13.2 Å². The molecule has 0 saturated heterocycles. The second-order valence-electron chi connectivity index (χ2n) is 4.13. The number of aromatic nitrogens is 1. The summed E-state index contributed by atoms with van der Waals surface area (Å²) in [5.41, 5.74) is -3.49. The Morgan fingerprint density at radius 1 is 1.37 bits per heavy atom. The van der Waals surface area contributed by atoms with E-state index in [0.29, 0.717) is 19.4 Å². The van der Waals surface area contributed by atoms with Crippen molar-refractivity contribution < 1.29 is 18.1 Å². The number of fused-ring (bicyclic) bond motifs is 1. The van der Waals surface area contributed by atoms with E-state index in [-0.39, 0.29) is 18.4 Å². The second kappa shape index (κ2) is 4.56. The number of rotatable bonds is 1. The minimum atomic E-state index is -4.94. The van der Waals surface area contributed by atoms with Crippen LogP contribution in [-0.4, -0.2) is 16.0 Å². The number of alkyl halides is 3. The van der Waals surface area contributed by atoms with E-state index in [0.717, 1.165) is 4.57 Å². The molecule has 19 heavy (non-hydrogen) atoms. The summed E-state index contributed by atoms with van der Waals surface area (Å²) in [6.07, 6.45) is -3.74. The molecule has 1 aliphatic heterocycles. The SMILES string of the molecule is O=c1cc(C(F)(F)F)c([N+](=O)[O-])c2n1CCCCN2. The molecular formula is C10H10F3N3O3. The number of hydrogen-bond donors (Lipinski definition) is 1. The summed E-state index contributed by atoms with van der Waals surface area (Å²) < 4.78 is 39.3. The van der Waals surface area contributed by atoms with Crippen molar-refractivity contribution in [3.05, 3.63) is 32.1 Å². The number of nitrogens with zero attached hydrogens (tertiary/aromatic N) is 2. The predicted molar refractivity (Wildman–Crippen MR) is 60.1 cm³/mol. The van der Waals surface area contributed by atoms with Crippen LogP contribution in [0.4, 0.5) is 24.7 Å². The first-order chi connectivity index (χ1) is 8.82. The van der Waals surface area contributed by atoms with E-state index < -0.39 is 27.9 Å². The van der Waals surface area contributed by atoms with E-state index in [2.05, 4.69) is 5.32 Å². The molecule has 104 valence electrons. The van der Waals surface area contributed by atoms with Gasteiger partial charge in [-0.05, 0) is 12.8 Å². The molecular weight excluding hydrogens is 267 g/mol. The van der Waals surface area contributed by atoms with Crippen LogP contribution in [-0.2, 0) is 12.7 Å². The van der Waals surface area contributed by atoms with Gasteiger partial charge < -0.3 is 5.32 Å². The molecule has 6 nitrogen and oxygen atoms in total. The zero-order valence-corrected chi connectivity index (χ0v) is 9.66. The summed E-state index contributed by atoms with van der Waals surface area (Å²) in [5.74, 6) is -0.359. The number of pyridine rings is 1. The van der Waals surface area contributed by atoms with Crippen LogP contribution in [0.2, 0.25) is 0 Å². The van der Waals surface area contributed by atoms with Crippen LogP contribution in [0.15, 0.2) is 10.9 Å². The van der Waals surface area contributed by atoms with Crippen molar-refractivity contribution in [2.45, 2.75) is 25.6 Å². The first kappa shape index (κ1) is 13.4. The van der Waals surface area contributed by atoms with Crippen molar-refractivity contribution in [2.24, 2.45) is 0 Å². The minimum absolute atomic E-state index is 0.167. The summed E-state index contributed by atoms with van der Waals surface area (Å²) in [5, 5.41) is 13.5. The molecule has 0 spiro atoms. The summed E-state index contributed by atoms with van der Waals surface area (Å²) in [6, 6.07) is 0.286. The fraction of sp³-hybridized carbons (Fsp3) is 0.500. The van der Waals surface area contributed by atoms with Gasteiger partial charge in [0.2, 0.25) is 0 Å². The summed E-state index contributed by atoms with van der Waals surface area (Å²) in [7, 11) is 0. The summed E-state index contributed by atoms with van der Waals surface area (Å²) in [6.45, 7) is 0.460. The normalized spacial score (nSPS) is 15.3. The van der Waals surface area contributed by atoms with Crippen LogP contribution in [0.3, 0.4) is 0 Å². The Balaban J connectivity index is 2.78. The van der Waals surface area contributed by atoms with E-state index in [1.165, 1.54) is 0 Å². The van der Waals surface area contributed by atoms with Crippen LogP contribution in [0.25, 0.3) is 0 Å². The molecule has 0 unspecified atom stereocenters. The van der Waals surface area contributed by atoms with Gasteiger partial charge in [0.05, 0.1) is 4.92 Å². The summed E-state index contributed by atoms with van der Waals surface area (Å²) >= 11 is 0. The van der Waals surface area contributed by atoms with Crippen molar-refractivity contribution in [1.29, 1.82) is 0 Å². The van der Waals surface area contributed by atoms with E-state index in [9.17, 15) is 28.1 Å². The fourth-order valence-electron chi connectivity index (χ4n) is 2.04. The van der Waals surface area contributed by atoms with Crippen molar-refractivity contribution in [3.63, 3.8) is 0 Å². The quantitative estimate of drug-likeness (QED) is 0.629. The number of nitrogens with one attached hydrogen (secondary N) is 1. The molecule has 0 bridgehead atoms. The van der Waals surface area contributed by atoms with E-state index in [1.54, 1.807) is 0 Å². The Morgan fingerprint density at radius 3 is 2.63 bits per heavy atom. The molecule has 1 N–H and O–H groups in total. The van der Waals surface area contributed by atoms with Crippen molar-refractivity contribution in [3.8, 4) is 0 Å². The third kappa shape index (κ3) is 2.40. The standard InChI is InChI=1S/C10H10F3N3O3/c11-10(12,13)6-5-7(17)15-4-2-1-3-14-9(15)8(6)16(18)19/h5,14H,1-4H2. The number of nitro groups is 1. The van der Waals surface area contributed by atoms with Crippen LogP contribution in [0.1, 0.15) is 18.4 Å². The first-order valence-corrected chi connectivity index (χ1v) is 5.55. The molecule has 0 aromatic carbocycles. The molecule has 1 aromatic heterocycles. The van der Waals surface area contributed by atoms with Gasteiger partial charge in [-0.25, -0.2) is 0 Å². The van der Waals surface area contributed by atoms with Gasteiger partial charge in [0.15, 0.2) is 5.82 Å². The van der Waals surface area contributed by atoms with Crippen molar-refractivity contribution in [1.82, 2.24) is 4.57 Å². The van der Waals surface area contributed by atoms with E-state index >= 15 is 0 Å². The number of halogens is 3. The molecule has 1 aromatic rings. The Labute approximate surface area is 105 Å². The van der Waals surface area contributed by atoms with Gasteiger partial charge in [-0.1, -0.05) is 0 Å². The third-order valence-corrected chi connectivity index (χ3v) is 2.87. The molecule has 0 aliphatic carbocycles. The average Bonchev–Trinajstić information content (AvgIpc) is 2.52. The molecule has 0 atom stereocenters. The zero-order valence-electron chi connectivity index (χ0n) is 9.66. The zero-order chi connectivity index (χ0) is 14.2. The Kier molecular flexibility index (Phi) is 3.21. The van der Waals surface area contributed by atoms with Gasteiger partial charge in [0, 0.05) is 19.2 Å². The van der Waals surface area contributed by atoms with Gasteiger partial charge in [0.25, 0.3) is 5.56 Å². The predicted octanol–water partition coefficient (Wildman–Crippen LogP) is 1.98. The number of anilines is 1. The molecule has 9 heteroatoms. The highest BCUT2D eigenvalue weighted by molar-refractivity contribution is 5.62. The Hall–Kier alpha value is -2.06. The first-order valence-electron chi connectivity index (χ1n) is 5.55. The van der Waals surface area contributed by atoms with Crippen LogP contribution in [0, 0.1) is 10.1 Å². The monoisotopic (exact) mass is 277 g/mol. The summed E-state index contributed by atoms with van der Waals surface area (Å²) in [4.78, 5) is 21.5. The second-order valence-corrected chi connectivity index (χ2v) is 4.13. The van der Waals surface area contributed by atoms with Crippen molar-refractivity contribution in [2.75, 3.05) is 11.9 Å². The maximum Gasteiger partial charge on any atom is 0.423 e. The Morgan fingerprint density at radius 2 is 2.05 bits per heavy atom. The maximum atomic E-state index is 12.8. The van der Waals surface area contributed by atoms with Crippen LogP contribution in [0.5, 0.6) is 0 Å². The average molecular weight is 277 g/mol. The highest BCUT2D eigenvalue weighted by atomic mass is 19.4. The van der Waals surface area contributed by atoms with Gasteiger partial charge in [0.1, 0.15) is 5.56 Å². The lowest BCUT2D eigenvalue weighted by molar-refractivity contribution is -0.387. The highest BCUT2D eigenvalue weighted by Gasteiger charge is 2.42. The molecule has 2 rings (SSSR count). The highest BCUT2D eigenvalue weighted by Crippen LogP contribution is 2.39. The van der Waals surface area contributed by atoms with Crippen molar-refractivity contribution >= 4 is 11.5 Å². The molecule has 1 aliphatic rings. The molecule has 0 saturated carbocycles. The fourth-order valence-corrected chi connectivity index (χ4v) is 2.04. The largest absolute Gasteiger partial charge is 0.423 e. The van der Waals surface area contributed by atoms with E-state index in [1.807, 2.05) is 0 Å². The van der Waals surface area contributed by atoms with E-state index in [4.69, 9.17) is 0 Å². The van der Waals surface area contributed by atoms with Crippen LogP contribution >= 0.6 is 0 Å². The smallest absolute Gasteiger partial charge is 0.366 e. The van der Waals surface area contributed by atoms with Crippen LogP contribution < -0.4 is 10.9 Å². The van der Waals surface area contributed by atoms with Gasteiger partial charge in [-0.15, -0.1) is 0 Å². The van der Waals surface area contributed by atoms with Gasteiger partial charge >= 0.3 is 11.9 Å². The van der Waals surface area contributed by atoms with Gasteiger partial charge in [-0.3, -0.25) is 19.5 Å². The molecule has 2 heterocycles. The topological polar surface area (TPSA) is 77.2 Å². The lowest BCUT2D eigenvalue weighted by Crippen LogP contribution is -2.26. The lowest BCUT2D eigenvalue weighted by Gasteiger charge is -2.14. The number of hydrogen-bond acceptors (Lipinski definition) is 4. The lowest BCUT2D eigenvalue weighted by atomic mass is 10.2. The maximum absolute atomic E-state index is 12.8. The Bertz CT molecular complexity index is 580. The minimum Gasteiger partial charge on any atom is -0.366 e.